The largest absolute Gasteiger partial charge is 0.461 e. The van der Waals surface area contributed by atoms with Crippen molar-refractivity contribution < 1.29 is 9.53 Å². The summed E-state index contributed by atoms with van der Waals surface area (Å²) in [6.45, 7) is 5.87. The lowest BCUT2D eigenvalue weighted by Crippen LogP contribution is -2.23. The van der Waals surface area contributed by atoms with E-state index in [0.29, 0.717) is 18.7 Å². The van der Waals surface area contributed by atoms with E-state index in [1.54, 1.807) is 12.1 Å². The van der Waals surface area contributed by atoms with Gasteiger partial charge in [-0.2, -0.15) is 0 Å². The molecule has 1 aromatic rings. The van der Waals surface area contributed by atoms with Crippen molar-refractivity contribution >= 4 is 5.97 Å². The van der Waals surface area contributed by atoms with Gasteiger partial charge in [0.05, 0.1) is 5.56 Å². The summed E-state index contributed by atoms with van der Waals surface area (Å²) in [5.74, 6) is -0.271. The van der Waals surface area contributed by atoms with Crippen LogP contribution in [0.2, 0.25) is 0 Å². The van der Waals surface area contributed by atoms with Crippen LogP contribution < -0.4 is 5.32 Å². The minimum atomic E-state index is -0.271. The number of ether oxygens (including phenoxy) is 1. The number of rotatable bonds is 4. The molecule has 0 aliphatic carbocycles. The molecule has 2 rings (SSSR count). The van der Waals surface area contributed by atoms with Crippen LogP contribution in [0.1, 0.15) is 10.4 Å². The second-order valence-corrected chi connectivity index (χ2v) is 3.53. The number of hydrogen-bond donors (Lipinski definition) is 1. The van der Waals surface area contributed by atoms with Gasteiger partial charge >= 0.3 is 5.97 Å². The molecule has 1 N–H and O–H groups in total. The van der Waals surface area contributed by atoms with Crippen molar-refractivity contribution in [1.29, 1.82) is 0 Å². The Kier molecular flexibility index (Phi) is 3.91. The zero-order valence-corrected chi connectivity index (χ0v) is 8.98. The summed E-state index contributed by atoms with van der Waals surface area (Å²) in [7, 11) is 0. The van der Waals surface area contributed by atoms with Gasteiger partial charge in [0.1, 0.15) is 13.3 Å². The lowest BCUT2D eigenvalue weighted by molar-refractivity contribution is 0.0479. The van der Waals surface area contributed by atoms with Crippen LogP contribution in [-0.2, 0) is 4.74 Å². The summed E-state index contributed by atoms with van der Waals surface area (Å²) < 4.78 is 5.14. The molecule has 16 heavy (non-hydrogen) atoms. The third-order valence-corrected chi connectivity index (χ3v) is 2.35. The van der Waals surface area contributed by atoms with Crippen LogP contribution in [0, 0.1) is 6.67 Å². The van der Waals surface area contributed by atoms with Crippen LogP contribution in [0.15, 0.2) is 30.3 Å². The van der Waals surface area contributed by atoms with E-state index < -0.39 is 0 Å². The highest BCUT2D eigenvalue weighted by atomic mass is 16.5. The van der Waals surface area contributed by atoms with Crippen LogP contribution in [-0.4, -0.2) is 37.1 Å². The molecule has 1 saturated heterocycles. The van der Waals surface area contributed by atoms with Crippen molar-refractivity contribution in [3.63, 3.8) is 0 Å². The molecular weight excluding hydrogens is 204 g/mol. The Morgan fingerprint density at radius 3 is 2.94 bits per heavy atom. The molecule has 84 valence electrons. The molecule has 4 heteroatoms. The first-order valence-corrected chi connectivity index (χ1v) is 5.32. The first-order chi connectivity index (χ1) is 7.86. The van der Waals surface area contributed by atoms with Gasteiger partial charge in [0.25, 0.3) is 0 Å². The molecule has 2 radical (unpaired) electrons. The number of hydrogen-bond acceptors (Lipinski definition) is 4. The molecule has 0 atom stereocenters. The Balaban J connectivity index is 1.71. The van der Waals surface area contributed by atoms with Crippen molar-refractivity contribution in [1.82, 2.24) is 10.2 Å². The van der Waals surface area contributed by atoms with Gasteiger partial charge in [0, 0.05) is 19.6 Å². The molecule has 0 saturated carbocycles. The van der Waals surface area contributed by atoms with E-state index in [1.165, 1.54) is 0 Å². The lowest BCUT2D eigenvalue weighted by Gasteiger charge is -2.12. The molecule has 0 aromatic heterocycles. The molecule has 0 amide bonds. The predicted octanol–water partition coefficient (Wildman–Crippen LogP) is 0.745. The first kappa shape index (κ1) is 11.1. The summed E-state index contributed by atoms with van der Waals surface area (Å²) in [5, 5.41) is 2.98. The minimum Gasteiger partial charge on any atom is -0.461 e. The summed E-state index contributed by atoms with van der Waals surface area (Å²) in [5.41, 5.74) is 0.593. The van der Waals surface area contributed by atoms with Crippen LogP contribution in [0.3, 0.4) is 0 Å². The summed E-state index contributed by atoms with van der Waals surface area (Å²) in [6, 6.07) is 9.01. The molecule has 0 unspecified atom stereocenters. The van der Waals surface area contributed by atoms with Gasteiger partial charge in [-0.3, -0.25) is 10.2 Å². The maximum Gasteiger partial charge on any atom is 0.338 e. The fourth-order valence-corrected chi connectivity index (χ4v) is 1.49. The van der Waals surface area contributed by atoms with Crippen LogP contribution in [0.25, 0.3) is 0 Å². The molecule has 1 fully saturated rings. The maximum atomic E-state index is 11.5. The highest BCUT2D eigenvalue weighted by Gasteiger charge is 2.13. The van der Waals surface area contributed by atoms with Gasteiger partial charge in [-0.25, -0.2) is 4.79 Å². The van der Waals surface area contributed by atoms with Gasteiger partial charge in [0.15, 0.2) is 0 Å². The van der Waals surface area contributed by atoms with Crippen LogP contribution >= 0.6 is 0 Å². The van der Waals surface area contributed by atoms with E-state index in [1.807, 2.05) is 23.1 Å². The van der Waals surface area contributed by atoms with E-state index in [4.69, 9.17) is 4.74 Å². The number of carbonyl (C=O) groups excluding carboxylic acids is 1. The van der Waals surface area contributed by atoms with Gasteiger partial charge in [-0.05, 0) is 12.1 Å². The third-order valence-electron chi connectivity index (χ3n) is 2.35. The molecule has 1 heterocycles. The second kappa shape index (κ2) is 5.63. The minimum absolute atomic E-state index is 0.271. The Labute approximate surface area is 95.2 Å². The molecule has 0 bridgehead atoms. The smallest absolute Gasteiger partial charge is 0.338 e. The average molecular weight is 218 g/mol. The maximum absolute atomic E-state index is 11.5. The number of carbonyl (C=O) groups is 1. The van der Waals surface area contributed by atoms with E-state index in [2.05, 4.69) is 12.0 Å². The monoisotopic (exact) mass is 218 g/mol. The third kappa shape index (κ3) is 3.05. The van der Waals surface area contributed by atoms with Crippen LogP contribution in [0.4, 0.5) is 0 Å². The Morgan fingerprint density at radius 2 is 2.25 bits per heavy atom. The Hall–Kier alpha value is -1.39. The number of esters is 1. The molecule has 4 nitrogen and oxygen atoms in total. The summed E-state index contributed by atoms with van der Waals surface area (Å²) >= 11 is 0. The van der Waals surface area contributed by atoms with Gasteiger partial charge in [-0.1, -0.05) is 18.2 Å². The van der Waals surface area contributed by atoms with Crippen molar-refractivity contribution in [3.8, 4) is 0 Å². The summed E-state index contributed by atoms with van der Waals surface area (Å²) in [4.78, 5) is 13.5. The number of nitrogens with one attached hydrogen (secondary N) is 1. The summed E-state index contributed by atoms with van der Waals surface area (Å²) in [6.07, 6.45) is 0. The second-order valence-electron chi connectivity index (χ2n) is 3.53. The highest BCUT2D eigenvalue weighted by Crippen LogP contribution is 2.02. The zero-order chi connectivity index (χ0) is 11.2. The molecule has 0 spiro atoms. The van der Waals surface area contributed by atoms with Gasteiger partial charge in [-0.15, -0.1) is 0 Å². The van der Waals surface area contributed by atoms with Gasteiger partial charge < -0.3 is 4.74 Å². The fraction of sp³-hybridized carbons (Fsp3) is 0.333. The average Bonchev–Trinajstić information content (AvgIpc) is 2.83. The first-order valence-electron chi connectivity index (χ1n) is 5.32. The van der Waals surface area contributed by atoms with Crippen molar-refractivity contribution in [2.45, 2.75) is 0 Å². The fourth-order valence-electron chi connectivity index (χ4n) is 1.49. The normalized spacial score (nSPS) is 16.2. The van der Waals surface area contributed by atoms with Crippen molar-refractivity contribution in [3.05, 3.63) is 42.6 Å². The molecule has 1 aromatic carbocycles. The quantitative estimate of drug-likeness (QED) is 0.757. The van der Waals surface area contributed by atoms with Crippen molar-refractivity contribution in [2.75, 3.05) is 26.2 Å². The van der Waals surface area contributed by atoms with E-state index in [-0.39, 0.29) is 5.97 Å². The number of nitrogens with zero attached hydrogens (tertiary/aromatic N) is 1. The van der Waals surface area contributed by atoms with Gasteiger partial charge in [0.2, 0.25) is 0 Å². The van der Waals surface area contributed by atoms with E-state index in [0.717, 1.165) is 13.1 Å². The standard InChI is InChI=1S/C12H14N2O2/c15-12(11-4-2-1-3-5-11)16-9-8-14-7-6-13-10-14/h1-5,13H,6-9H2. The van der Waals surface area contributed by atoms with E-state index >= 15 is 0 Å². The Morgan fingerprint density at radius 1 is 1.44 bits per heavy atom. The SMILES string of the molecule is O=C(OCCN1[C]NCC1)c1ccccc1. The lowest BCUT2D eigenvalue weighted by atomic mass is 10.2. The van der Waals surface area contributed by atoms with E-state index in [9.17, 15) is 4.79 Å². The number of benzene rings is 1. The molecule has 1 aliphatic heterocycles. The topological polar surface area (TPSA) is 41.6 Å². The Bertz CT molecular complexity index is 334. The van der Waals surface area contributed by atoms with Crippen LogP contribution in [0.5, 0.6) is 0 Å². The predicted molar refractivity (Wildman–Crippen MR) is 59.5 cm³/mol. The zero-order valence-electron chi connectivity index (χ0n) is 8.98. The molecule has 1 aliphatic rings. The molecular formula is C12H14N2O2. The highest BCUT2D eigenvalue weighted by molar-refractivity contribution is 5.89. The van der Waals surface area contributed by atoms with Crippen molar-refractivity contribution in [2.24, 2.45) is 0 Å².